The number of hydrogen-bond donors (Lipinski definition) is 2. The van der Waals surface area contributed by atoms with Crippen molar-refractivity contribution in [2.24, 2.45) is 4.99 Å². The Morgan fingerprint density at radius 1 is 1.43 bits per heavy atom. The largest absolute Gasteiger partial charge is 0.377 e. The molecule has 0 saturated carbocycles. The monoisotopic (exact) mass is 388 g/mol. The topological polar surface area (TPSA) is 76.4 Å². The Morgan fingerprint density at radius 2 is 2.32 bits per heavy atom. The van der Waals surface area contributed by atoms with Crippen LogP contribution in [0.25, 0.3) is 0 Å². The van der Waals surface area contributed by atoms with Gasteiger partial charge in [-0.1, -0.05) is 12.1 Å². The molecule has 8 heteroatoms. The van der Waals surface area contributed by atoms with Gasteiger partial charge in [0.05, 0.1) is 6.54 Å². The zero-order chi connectivity index (χ0) is 19.8. The maximum atomic E-state index is 13.2. The number of nitrogens with one attached hydrogen (secondary N) is 2. The van der Waals surface area contributed by atoms with Crippen LogP contribution in [0.3, 0.4) is 0 Å². The Morgan fingerprint density at radius 3 is 3.11 bits per heavy atom. The van der Waals surface area contributed by atoms with E-state index in [1.807, 2.05) is 10.7 Å². The molecule has 28 heavy (non-hydrogen) atoms. The van der Waals surface area contributed by atoms with Gasteiger partial charge in [0, 0.05) is 32.7 Å². The van der Waals surface area contributed by atoms with Crippen LogP contribution in [-0.4, -0.2) is 47.0 Å². The number of aryl methyl sites for hydroxylation is 2. The van der Waals surface area contributed by atoms with Gasteiger partial charge in [0.25, 0.3) is 0 Å². The van der Waals surface area contributed by atoms with Crippen molar-refractivity contribution in [1.29, 1.82) is 0 Å². The van der Waals surface area contributed by atoms with Crippen molar-refractivity contribution in [2.45, 2.75) is 51.8 Å². The van der Waals surface area contributed by atoms with Gasteiger partial charge in [0.1, 0.15) is 18.2 Å². The molecule has 1 atom stereocenters. The molecule has 0 radical (unpaired) electrons. The standard InChI is InChI=1S/C20H29FN6O/c1-3-22-20(23-11-5-7-15-6-4-8-16(21)12-15)24-17-9-10-19-25-18(14-28-2)26-27(19)13-17/h4,6,8,12,17H,3,5,7,9-11,13-14H2,1-2H3,(H2,22,23,24). The number of nitrogens with zero attached hydrogens (tertiary/aromatic N) is 4. The number of aliphatic imine (C=N–C) groups is 1. The summed E-state index contributed by atoms with van der Waals surface area (Å²) < 4.78 is 20.3. The summed E-state index contributed by atoms with van der Waals surface area (Å²) in [6.07, 6.45) is 3.55. The molecule has 0 amide bonds. The van der Waals surface area contributed by atoms with E-state index in [2.05, 4.69) is 32.6 Å². The molecule has 1 unspecified atom stereocenters. The summed E-state index contributed by atoms with van der Waals surface area (Å²) in [4.78, 5) is 9.18. The molecule has 1 aromatic heterocycles. The lowest BCUT2D eigenvalue weighted by Gasteiger charge is -2.25. The summed E-state index contributed by atoms with van der Waals surface area (Å²) in [5.41, 5.74) is 1.01. The summed E-state index contributed by atoms with van der Waals surface area (Å²) in [5.74, 6) is 2.38. The average Bonchev–Trinajstić information content (AvgIpc) is 3.07. The molecule has 2 heterocycles. The number of guanidine groups is 1. The molecule has 0 bridgehead atoms. The summed E-state index contributed by atoms with van der Waals surface area (Å²) in [6, 6.07) is 7.01. The minimum atomic E-state index is -0.186. The van der Waals surface area contributed by atoms with Crippen LogP contribution in [0.4, 0.5) is 4.39 Å². The van der Waals surface area contributed by atoms with Crippen LogP contribution >= 0.6 is 0 Å². The van der Waals surface area contributed by atoms with Crippen LogP contribution < -0.4 is 10.6 Å². The van der Waals surface area contributed by atoms with Crippen LogP contribution in [0.5, 0.6) is 0 Å². The molecule has 3 rings (SSSR count). The molecular weight excluding hydrogens is 359 g/mol. The van der Waals surface area contributed by atoms with Crippen molar-refractivity contribution in [3.8, 4) is 0 Å². The van der Waals surface area contributed by atoms with Gasteiger partial charge in [-0.15, -0.1) is 0 Å². The van der Waals surface area contributed by atoms with Crippen LogP contribution in [0.2, 0.25) is 0 Å². The number of hydrogen-bond acceptors (Lipinski definition) is 4. The normalized spacial score (nSPS) is 16.7. The van der Waals surface area contributed by atoms with Gasteiger partial charge >= 0.3 is 0 Å². The second kappa shape index (κ2) is 10.2. The Balaban J connectivity index is 1.51. The zero-order valence-corrected chi connectivity index (χ0v) is 16.6. The van der Waals surface area contributed by atoms with Crippen LogP contribution in [-0.2, 0) is 30.7 Å². The van der Waals surface area contributed by atoms with E-state index in [-0.39, 0.29) is 11.9 Å². The molecule has 2 aromatic rings. The SMILES string of the molecule is CCNC(=NCCCc1cccc(F)c1)NC1CCc2nc(COC)nn2C1. The van der Waals surface area contributed by atoms with E-state index in [9.17, 15) is 4.39 Å². The summed E-state index contributed by atoms with van der Waals surface area (Å²) in [5, 5.41) is 11.3. The fourth-order valence-electron chi connectivity index (χ4n) is 3.35. The number of aromatic nitrogens is 3. The van der Waals surface area contributed by atoms with Gasteiger partial charge < -0.3 is 15.4 Å². The Hall–Kier alpha value is -2.48. The second-order valence-corrected chi connectivity index (χ2v) is 6.93. The van der Waals surface area contributed by atoms with Crippen molar-refractivity contribution >= 4 is 5.96 Å². The zero-order valence-electron chi connectivity index (χ0n) is 16.6. The van der Waals surface area contributed by atoms with E-state index >= 15 is 0 Å². The first-order chi connectivity index (χ1) is 13.7. The van der Waals surface area contributed by atoms with E-state index in [0.717, 1.165) is 61.9 Å². The summed E-state index contributed by atoms with van der Waals surface area (Å²) >= 11 is 0. The van der Waals surface area contributed by atoms with Crippen molar-refractivity contribution in [2.75, 3.05) is 20.2 Å². The summed E-state index contributed by atoms with van der Waals surface area (Å²) in [6.45, 7) is 4.74. The molecule has 1 aromatic carbocycles. The highest BCUT2D eigenvalue weighted by molar-refractivity contribution is 5.80. The van der Waals surface area contributed by atoms with Crippen molar-refractivity contribution in [3.63, 3.8) is 0 Å². The lowest BCUT2D eigenvalue weighted by molar-refractivity contribution is 0.177. The minimum Gasteiger partial charge on any atom is -0.377 e. The maximum Gasteiger partial charge on any atom is 0.191 e. The Kier molecular flexibility index (Phi) is 7.36. The quantitative estimate of drug-likeness (QED) is 0.411. The van der Waals surface area contributed by atoms with Gasteiger partial charge in [-0.25, -0.2) is 14.1 Å². The van der Waals surface area contributed by atoms with Crippen LogP contribution in [0.1, 0.15) is 37.0 Å². The molecule has 1 aliphatic rings. The molecular formula is C20H29FN6O. The van der Waals surface area contributed by atoms with Gasteiger partial charge in [-0.2, -0.15) is 5.10 Å². The number of ether oxygens (including phenoxy) is 1. The predicted molar refractivity (Wildman–Crippen MR) is 107 cm³/mol. The Labute approximate surface area is 165 Å². The molecule has 0 saturated heterocycles. The fraction of sp³-hybridized carbons (Fsp3) is 0.550. The van der Waals surface area contributed by atoms with Crippen molar-refractivity contribution in [1.82, 2.24) is 25.4 Å². The van der Waals surface area contributed by atoms with E-state index in [1.165, 1.54) is 6.07 Å². The van der Waals surface area contributed by atoms with E-state index in [1.54, 1.807) is 19.2 Å². The lowest BCUT2D eigenvalue weighted by atomic mass is 10.1. The lowest BCUT2D eigenvalue weighted by Crippen LogP contribution is -2.47. The molecule has 7 nitrogen and oxygen atoms in total. The number of rotatable bonds is 8. The molecule has 0 aliphatic carbocycles. The second-order valence-electron chi connectivity index (χ2n) is 6.93. The Bertz CT molecular complexity index is 791. The van der Waals surface area contributed by atoms with Gasteiger partial charge in [0.2, 0.25) is 0 Å². The smallest absolute Gasteiger partial charge is 0.191 e. The fourth-order valence-corrected chi connectivity index (χ4v) is 3.35. The first-order valence-corrected chi connectivity index (χ1v) is 9.88. The van der Waals surface area contributed by atoms with Gasteiger partial charge in [0.15, 0.2) is 11.8 Å². The number of fused-ring (bicyclic) bond motifs is 1. The molecule has 0 fully saturated rings. The molecule has 1 aliphatic heterocycles. The number of methoxy groups -OCH3 is 1. The van der Waals surface area contributed by atoms with Crippen molar-refractivity contribution in [3.05, 3.63) is 47.3 Å². The van der Waals surface area contributed by atoms with Crippen LogP contribution in [0.15, 0.2) is 29.3 Å². The highest BCUT2D eigenvalue weighted by Crippen LogP contribution is 2.13. The molecule has 2 N–H and O–H groups in total. The minimum absolute atomic E-state index is 0.186. The third-order valence-corrected chi connectivity index (χ3v) is 4.64. The van der Waals surface area contributed by atoms with Gasteiger partial charge in [-0.05, 0) is 43.9 Å². The van der Waals surface area contributed by atoms with Crippen LogP contribution in [0, 0.1) is 5.82 Å². The number of benzene rings is 1. The average molecular weight is 388 g/mol. The highest BCUT2D eigenvalue weighted by Gasteiger charge is 2.22. The number of halogens is 1. The highest BCUT2D eigenvalue weighted by atomic mass is 19.1. The van der Waals surface area contributed by atoms with E-state index < -0.39 is 0 Å². The van der Waals surface area contributed by atoms with E-state index in [4.69, 9.17) is 4.74 Å². The van der Waals surface area contributed by atoms with Crippen molar-refractivity contribution < 1.29 is 9.13 Å². The third-order valence-electron chi connectivity index (χ3n) is 4.64. The maximum absolute atomic E-state index is 13.2. The predicted octanol–water partition coefficient (Wildman–Crippen LogP) is 2.07. The van der Waals surface area contributed by atoms with Gasteiger partial charge in [-0.3, -0.25) is 4.99 Å². The summed E-state index contributed by atoms with van der Waals surface area (Å²) in [7, 11) is 1.65. The molecule has 0 spiro atoms. The van der Waals surface area contributed by atoms with E-state index in [0.29, 0.717) is 13.2 Å². The third kappa shape index (κ3) is 5.76. The first-order valence-electron chi connectivity index (χ1n) is 9.88. The molecule has 152 valence electrons. The first kappa shape index (κ1) is 20.3.